The van der Waals surface area contributed by atoms with Crippen LogP contribution in [0.5, 0.6) is 11.5 Å². The van der Waals surface area contributed by atoms with Gasteiger partial charge in [-0.2, -0.15) is 0 Å². The minimum Gasteiger partial charge on any atom is -0.493 e. The third-order valence-electron chi connectivity index (χ3n) is 3.52. The highest BCUT2D eigenvalue weighted by Crippen LogP contribution is 2.30. The zero-order valence-electron chi connectivity index (χ0n) is 17.0. The molecular weight excluding hydrogens is 332 g/mol. The minimum absolute atomic E-state index is 0.0398. The summed E-state index contributed by atoms with van der Waals surface area (Å²) < 4.78 is 21.7. The molecule has 0 unspecified atom stereocenters. The number of methoxy groups -OCH3 is 2. The van der Waals surface area contributed by atoms with E-state index in [2.05, 4.69) is 0 Å². The van der Waals surface area contributed by atoms with E-state index in [1.54, 1.807) is 14.2 Å². The highest BCUT2D eigenvalue weighted by molar-refractivity contribution is 5.94. The van der Waals surface area contributed by atoms with Crippen molar-refractivity contribution in [1.29, 1.82) is 0 Å². The third-order valence-corrected chi connectivity index (χ3v) is 3.52. The van der Waals surface area contributed by atoms with Crippen LogP contribution in [0.2, 0.25) is 0 Å². The average molecular weight is 364 g/mol. The van der Waals surface area contributed by atoms with Crippen LogP contribution in [0, 0.1) is 5.92 Å². The predicted octanol–water partition coefficient (Wildman–Crippen LogP) is 4.49. The second-order valence-electron chi connectivity index (χ2n) is 7.36. The smallest absolute Gasteiger partial charge is 0.334 e. The Morgan fingerprint density at radius 1 is 1.12 bits per heavy atom. The molecule has 0 aliphatic carbocycles. The molecule has 1 aromatic rings. The SMILES string of the molecule is COCCCOc1cc(/C=C(/C(=O)OC(C)(C)C)C(C)C)ccc1OC. The van der Waals surface area contributed by atoms with E-state index >= 15 is 0 Å². The molecule has 146 valence electrons. The molecule has 0 saturated heterocycles. The number of ether oxygens (including phenoxy) is 4. The summed E-state index contributed by atoms with van der Waals surface area (Å²) in [6, 6.07) is 5.61. The largest absolute Gasteiger partial charge is 0.493 e. The Balaban J connectivity index is 3.06. The first-order chi connectivity index (χ1) is 12.2. The maximum absolute atomic E-state index is 12.5. The molecule has 0 aromatic heterocycles. The van der Waals surface area contributed by atoms with E-state index in [0.29, 0.717) is 30.3 Å². The Labute approximate surface area is 157 Å². The normalized spacial score (nSPS) is 12.2. The second kappa shape index (κ2) is 10.2. The van der Waals surface area contributed by atoms with Crippen LogP contribution in [0.3, 0.4) is 0 Å². The van der Waals surface area contributed by atoms with Crippen molar-refractivity contribution < 1.29 is 23.7 Å². The molecule has 1 rings (SSSR count). The zero-order valence-corrected chi connectivity index (χ0v) is 17.0. The third kappa shape index (κ3) is 7.48. The molecule has 5 nitrogen and oxygen atoms in total. The number of rotatable bonds is 9. The van der Waals surface area contributed by atoms with E-state index in [9.17, 15) is 4.79 Å². The first-order valence-electron chi connectivity index (χ1n) is 8.92. The fourth-order valence-electron chi connectivity index (χ4n) is 2.26. The summed E-state index contributed by atoms with van der Waals surface area (Å²) >= 11 is 0. The van der Waals surface area contributed by atoms with Crippen LogP contribution in [-0.2, 0) is 14.3 Å². The van der Waals surface area contributed by atoms with Crippen molar-refractivity contribution >= 4 is 12.0 Å². The second-order valence-corrected chi connectivity index (χ2v) is 7.36. The van der Waals surface area contributed by atoms with Crippen LogP contribution in [0.4, 0.5) is 0 Å². The molecule has 26 heavy (non-hydrogen) atoms. The van der Waals surface area contributed by atoms with E-state index in [0.717, 1.165) is 12.0 Å². The number of esters is 1. The summed E-state index contributed by atoms with van der Waals surface area (Å²) in [4.78, 5) is 12.5. The van der Waals surface area contributed by atoms with Gasteiger partial charge in [0.2, 0.25) is 0 Å². The fraction of sp³-hybridized carbons (Fsp3) is 0.571. The number of carbonyl (C=O) groups excluding carboxylic acids is 1. The van der Waals surface area contributed by atoms with Gasteiger partial charge < -0.3 is 18.9 Å². The molecule has 0 saturated carbocycles. The van der Waals surface area contributed by atoms with E-state index in [-0.39, 0.29) is 11.9 Å². The van der Waals surface area contributed by atoms with E-state index in [4.69, 9.17) is 18.9 Å². The lowest BCUT2D eigenvalue weighted by atomic mass is 10.00. The van der Waals surface area contributed by atoms with Crippen molar-refractivity contribution in [2.24, 2.45) is 5.92 Å². The standard InChI is InChI=1S/C21H32O5/c1-15(2)17(20(22)26-21(3,4)5)13-16-9-10-18(24-7)19(14-16)25-12-8-11-23-6/h9-10,13-15H,8,11-12H2,1-7H3/b17-13+. The molecule has 0 fully saturated rings. The monoisotopic (exact) mass is 364 g/mol. The highest BCUT2D eigenvalue weighted by Gasteiger charge is 2.22. The van der Waals surface area contributed by atoms with Gasteiger partial charge in [-0.05, 0) is 50.5 Å². The van der Waals surface area contributed by atoms with Crippen molar-refractivity contribution in [3.8, 4) is 11.5 Å². The number of hydrogen-bond acceptors (Lipinski definition) is 5. The molecule has 0 N–H and O–H groups in total. The van der Waals surface area contributed by atoms with Crippen LogP contribution in [0.1, 0.15) is 46.6 Å². The Morgan fingerprint density at radius 3 is 2.35 bits per heavy atom. The molecular formula is C21H32O5. The van der Waals surface area contributed by atoms with Gasteiger partial charge in [-0.1, -0.05) is 19.9 Å². The van der Waals surface area contributed by atoms with Crippen LogP contribution in [0.15, 0.2) is 23.8 Å². The quantitative estimate of drug-likeness (QED) is 0.367. The first-order valence-corrected chi connectivity index (χ1v) is 8.92. The molecule has 0 heterocycles. The molecule has 0 atom stereocenters. The number of hydrogen-bond donors (Lipinski definition) is 0. The van der Waals surface area contributed by atoms with Crippen LogP contribution in [0.25, 0.3) is 6.08 Å². The van der Waals surface area contributed by atoms with Crippen molar-refractivity contribution in [1.82, 2.24) is 0 Å². The molecule has 0 bridgehead atoms. The van der Waals surface area contributed by atoms with Gasteiger partial charge in [0.05, 0.1) is 13.7 Å². The Kier molecular flexibility index (Phi) is 8.66. The van der Waals surface area contributed by atoms with Crippen molar-refractivity contribution in [3.05, 3.63) is 29.3 Å². The summed E-state index contributed by atoms with van der Waals surface area (Å²) in [5.74, 6) is 1.04. The lowest BCUT2D eigenvalue weighted by Crippen LogP contribution is -2.26. The zero-order chi connectivity index (χ0) is 19.7. The Bertz CT molecular complexity index is 611. The molecule has 0 aliphatic rings. The van der Waals surface area contributed by atoms with Crippen LogP contribution >= 0.6 is 0 Å². The summed E-state index contributed by atoms with van der Waals surface area (Å²) in [5, 5.41) is 0. The van der Waals surface area contributed by atoms with Gasteiger partial charge in [0, 0.05) is 25.7 Å². The number of carbonyl (C=O) groups is 1. The van der Waals surface area contributed by atoms with Gasteiger partial charge in [-0.25, -0.2) is 4.79 Å². The lowest BCUT2D eigenvalue weighted by Gasteiger charge is -2.22. The predicted molar refractivity (Wildman–Crippen MR) is 104 cm³/mol. The van der Waals surface area contributed by atoms with Gasteiger partial charge in [-0.3, -0.25) is 0 Å². The van der Waals surface area contributed by atoms with E-state index in [1.165, 1.54) is 0 Å². The van der Waals surface area contributed by atoms with Crippen molar-refractivity contribution in [3.63, 3.8) is 0 Å². The molecule has 0 spiro atoms. The molecule has 1 aromatic carbocycles. The van der Waals surface area contributed by atoms with Crippen molar-refractivity contribution in [2.75, 3.05) is 27.4 Å². The van der Waals surface area contributed by atoms with Gasteiger partial charge >= 0.3 is 5.97 Å². The summed E-state index contributed by atoms with van der Waals surface area (Å²) in [5.41, 5.74) is 0.957. The molecule has 0 radical (unpaired) electrons. The molecule has 5 heteroatoms. The summed E-state index contributed by atoms with van der Waals surface area (Å²) in [6.07, 6.45) is 2.63. The maximum atomic E-state index is 12.5. The van der Waals surface area contributed by atoms with E-state index < -0.39 is 5.60 Å². The molecule has 0 amide bonds. The van der Waals surface area contributed by atoms with Crippen LogP contribution in [-0.4, -0.2) is 39.0 Å². The van der Waals surface area contributed by atoms with E-state index in [1.807, 2.05) is 58.9 Å². The van der Waals surface area contributed by atoms with Crippen molar-refractivity contribution in [2.45, 2.75) is 46.6 Å². The van der Waals surface area contributed by atoms with Crippen LogP contribution < -0.4 is 9.47 Å². The fourth-order valence-corrected chi connectivity index (χ4v) is 2.26. The van der Waals surface area contributed by atoms with Gasteiger partial charge in [0.15, 0.2) is 11.5 Å². The van der Waals surface area contributed by atoms with Gasteiger partial charge in [0.1, 0.15) is 5.60 Å². The number of benzene rings is 1. The Hall–Kier alpha value is -2.01. The topological polar surface area (TPSA) is 54.0 Å². The summed E-state index contributed by atoms with van der Waals surface area (Å²) in [7, 11) is 3.27. The Morgan fingerprint density at radius 2 is 1.81 bits per heavy atom. The minimum atomic E-state index is -0.527. The maximum Gasteiger partial charge on any atom is 0.334 e. The van der Waals surface area contributed by atoms with Gasteiger partial charge in [-0.15, -0.1) is 0 Å². The molecule has 0 aliphatic heterocycles. The van der Waals surface area contributed by atoms with Gasteiger partial charge in [0.25, 0.3) is 0 Å². The average Bonchev–Trinajstić information content (AvgIpc) is 2.54. The highest BCUT2D eigenvalue weighted by atomic mass is 16.6. The lowest BCUT2D eigenvalue weighted by molar-refractivity contribution is -0.150. The first kappa shape index (κ1) is 22.0. The summed E-state index contributed by atoms with van der Waals surface area (Å²) in [6.45, 7) is 10.7.